The van der Waals surface area contributed by atoms with Gasteiger partial charge >= 0.3 is 6.09 Å². The van der Waals surface area contributed by atoms with E-state index in [1.807, 2.05) is 47.4 Å². The Kier molecular flexibility index (Phi) is 5.43. The molecule has 152 valence electrons. The van der Waals surface area contributed by atoms with Gasteiger partial charge in [0.05, 0.1) is 11.4 Å². The maximum absolute atomic E-state index is 13.4. The third-order valence-electron chi connectivity index (χ3n) is 5.79. The van der Waals surface area contributed by atoms with Gasteiger partial charge in [-0.25, -0.2) is 4.79 Å². The van der Waals surface area contributed by atoms with E-state index in [2.05, 4.69) is 24.9 Å². The van der Waals surface area contributed by atoms with Crippen LogP contribution in [-0.4, -0.2) is 49.6 Å². The topological polar surface area (TPSA) is 53.1 Å². The minimum absolute atomic E-state index is 0.0147. The summed E-state index contributed by atoms with van der Waals surface area (Å²) in [4.78, 5) is 31.7. The first-order valence-corrected chi connectivity index (χ1v) is 10.2. The van der Waals surface area contributed by atoms with E-state index >= 15 is 0 Å². The van der Waals surface area contributed by atoms with E-state index in [4.69, 9.17) is 4.74 Å². The lowest BCUT2D eigenvalue weighted by Gasteiger charge is -2.38. The number of carbonyl (C=O) groups excluding carboxylic acids is 2. The number of likely N-dealkylation sites (tertiary alicyclic amines) is 1. The molecule has 2 heterocycles. The van der Waals surface area contributed by atoms with Gasteiger partial charge in [-0.05, 0) is 37.0 Å². The zero-order valence-electron chi connectivity index (χ0n) is 17.0. The number of para-hydroxylation sites is 1. The molecule has 0 bridgehead atoms. The fourth-order valence-corrected chi connectivity index (χ4v) is 4.29. The third kappa shape index (κ3) is 3.79. The Morgan fingerprint density at radius 1 is 1.03 bits per heavy atom. The molecule has 0 saturated carbocycles. The summed E-state index contributed by atoms with van der Waals surface area (Å²) in [5, 5.41) is 0. The first-order valence-electron chi connectivity index (χ1n) is 10.2. The Balaban J connectivity index is 1.49. The molecule has 2 aliphatic heterocycles. The number of hydrogen-bond acceptors (Lipinski definition) is 4. The maximum atomic E-state index is 13.4. The molecule has 1 saturated heterocycles. The lowest BCUT2D eigenvalue weighted by Crippen LogP contribution is -2.51. The third-order valence-corrected chi connectivity index (χ3v) is 5.79. The second-order valence-electron chi connectivity index (χ2n) is 7.75. The number of benzene rings is 2. The average molecular weight is 393 g/mol. The fraction of sp³-hybridized carbons (Fsp3) is 0.391. The van der Waals surface area contributed by atoms with Crippen molar-refractivity contribution in [1.29, 1.82) is 0 Å². The van der Waals surface area contributed by atoms with Crippen molar-refractivity contribution in [2.75, 3.05) is 36.5 Å². The summed E-state index contributed by atoms with van der Waals surface area (Å²) in [7, 11) is 2.05. The standard InChI is InChI=1S/C23H27N3O3/c1-17-8-6-11-19-21(17)24(2)14-15-25(19)22(27)20-12-7-13-26(20)23(28)29-16-18-9-4-3-5-10-18/h3-6,8-11,20H,7,12-16H2,1-2H3/t20-/m0/s1. The van der Waals surface area contributed by atoms with Crippen LogP contribution in [0.4, 0.5) is 16.2 Å². The lowest BCUT2D eigenvalue weighted by molar-refractivity contribution is -0.122. The molecule has 6 nitrogen and oxygen atoms in total. The van der Waals surface area contributed by atoms with Crippen molar-refractivity contribution in [3.05, 3.63) is 59.7 Å². The molecule has 2 amide bonds. The SMILES string of the molecule is Cc1cccc2c1N(C)CCN2C(=O)[C@@H]1CCCN1C(=O)OCc1ccccc1. The molecule has 0 unspecified atom stereocenters. The molecule has 1 atom stereocenters. The first kappa shape index (κ1) is 19.3. The van der Waals surface area contributed by atoms with Crippen LogP contribution in [0.5, 0.6) is 0 Å². The van der Waals surface area contributed by atoms with Gasteiger partial charge in [0, 0.05) is 26.7 Å². The highest BCUT2D eigenvalue weighted by atomic mass is 16.6. The smallest absolute Gasteiger partial charge is 0.410 e. The van der Waals surface area contributed by atoms with Crippen LogP contribution >= 0.6 is 0 Å². The largest absolute Gasteiger partial charge is 0.445 e. The average Bonchev–Trinajstić information content (AvgIpc) is 3.23. The van der Waals surface area contributed by atoms with E-state index < -0.39 is 12.1 Å². The highest BCUT2D eigenvalue weighted by Crippen LogP contribution is 2.36. The minimum atomic E-state index is -0.463. The molecular formula is C23H27N3O3. The number of nitrogens with zero attached hydrogens (tertiary/aromatic N) is 3. The summed E-state index contributed by atoms with van der Waals surface area (Å²) >= 11 is 0. The van der Waals surface area contributed by atoms with Crippen LogP contribution in [0.1, 0.15) is 24.0 Å². The predicted octanol–water partition coefficient (Wildman–Crippen LogP) is 3.58. The summed E-state index contributed by atoms with van der Waals surface area (Å²) in [6.07, 6.45) is 1.07. The molecule has 0 radical (unpaired) electrons. The summed E-state index contributed by atoms with van der Waals surface area (Å²) in [6.45, 7) is 4.22. The molecule has 0 aromatic heterocycles. The van der Waals surface area contributed by atoms with Crippen molar-refractivity contribution < 1.29 is 14.3 Å². The van der Waals surface area contributed by atoms with Gasteiger partial charge in [0.2, 0.25) is 5.91 Å². The Morgan fingerprint density at radius 3 is 2.62 bits per heavy atom. The fourth-order valence-electron chi connectivity index (χ4n) is 4.29. The van der Waals surface area contributed by atoms with Crippen LogP contribution in [-0.2, 0) is 16.1 Å². The van der Waals surface area contributed by atoms with Crippen molar-refractivity contribution in [3.8, 4) is 0 Å². The number of likely N-dealkylation sites (N-methyl/N-ethyl adjacent to an activating group) is 1. The number of amides is 2. The quantitative estimate of drug-likeness (QED) is 0.800. The first-order chi connectivity index (χ1) is 14.1. The zero-order chi connectivity index (χ0) is 20.4. The van der Waals surface area contributed by atoms with Crippen LogP contribution in [0, 0.1) is 6.92 Å². The Bertz CT molecular complexity index is 899. The molecule has 0 N–H and O–H groups in total. The van der Waals surface area contributed by atoms with E-state index in [1.165, 1.54) is 0 Å². The van der Waals surface area contributed by atoms with Gasteiger partial charge in [0.15, 0.2) is 0 Å². The highest BCUT2D eigenvalue weighted by Gasteiger charge is 2.39. The van der Waals surface area contributed by atoms with E-state index in [9.17, 15) is 9.59 Å². The van der Waals surface area contributed by atoms with E-state index in [0.29, 0.717) is 19.5 Å². The number of hydrogen-bond donors (Lipinski definition) is 0. The van der Waals surface area contributed by atoms with Crippen LogP contribution in [0.2, 0.25) is 0 Å². The summed E-state index contributed by atoms with van der Waals surface area (Å²) in [5.41, 5.74) is 4.09. The van der Waals surface area contributed by atoms with Crippen molar-refractivity contribution >= 4 is 23.4 Å². The molecule has 1 fully saturated rings. The predicted molar refractivity (Wildman–Crippen MR) is 113 cm³/mol. The van der Waals surface area contributed by atoms with Gasteiger partial charge in [0.25, 0.3) is 0 Å². The van der Waals surface area contributed by atoms with Gasteiger partial charge in [-0.15, -0.1) is 0 Å². The summed E-state index contributed by atoms with van der Waals surface area (Å²) < 4.78 is 5.49. The van der Waals surface area contributed by atoms with Crippen molar-refractivity contribution in [2.45, 2.75) is 32.4 Å². The molecule has 0 aliphatic carbocycles. The van der Waals surface area contributed by atoms with E-state index in [0.717, 1.165) is 35.5 Å². The molecule has 4 rings (SSSR count). The molecule has 2 aliphatic rings. The minimum Gasteiger partial charge on any atom is -0.445 e. The number of aryl methyl sites for hydroxylation is 1. The van der Waals surface area contributed by atoms with Crippen molar-refractivity contribution in [1.82, 2.24) is 4.90 Å². The molecule has 29 heavy (non-hydrogen) atoms. The zero-order valence-corrected chi connectivity index (χ0v) is 17.0. The second kappa shape index (κ2) is 8.15. The summed E-state index contributed by atoms with van der Waals surface area (Å²) in [5.74, 6) is -0.0147. The highest BCUT2D eigenvalue weighted by molar-refractivity contribution is 6.02. The van der Waals surface area contributed by atoms with E-state index in [-0.39, 0.29) is 12.5 Å². The normalized spacial score (nSPS) is 18.6. The number of fused-ring (bicyclic) bond motifs is 1. The van der Waals surface area contributed by atoms with Gasteiger partial charge in [-0.2, -0.15) is 0 Å². The summed E-state index contributed by atoms with van der Waals surface area (Å²) in [6, 6.07) is 15.2. The molecule has 2 aromatic rings. The Labute approximate surface area is 171 Å². The van der Waals surface area contributed by atoms with Crippen LogP contribution in [0.15, 0.2) is 48.5 Å². The second-order valence-corrected chi connectivity index (χ2v) is 7.75. The van der Waals surface area contributed by atoms with Gasteiger partial charge in [0.1, 0.15) is 12.6 Å². The van der Waals surface area contributed by atoms with Crippen LogP contribution in [0.25, 0.3) is 0 Å². The lowest BCUT2D eigenvalue weighted by atomic mass is 10.1. The number of anilines is 2. The van der Waals surface area contributed by atoms with Gasteiger partial charge in [-0.3, -0.25) is 9.69 Å². The van der Waals surface area contributed by atoms with Gasteiger partial charge in [-0.1, -0.05) is 42.5 Å². The van der Waals surface area contributed by atoms with Crippen molar-refractivity contribution in [3.63, 3.8) is 0 Å². The monoisotopic (exact) mass is 393 g/mol. The van der Waals surface area contributed by atoms with Crippen molar-refractivity contribution in [2.24, 2.45) is 0 Å². The number of ether oxygens (including phenoxy) is 1. The van der Waals surface area contributed by atoms with Gasteiger partial charge < -0.3 is 14.5 Å². The molecule has 6 heteroatoms. The molecule has 0 spiro atoms. The van der Waals surface area contributed by atoms with E-state index in [1.54, 1.807) is 4.90 Å². The maximum Gasteiger partial charge on any atom is 0.410 e. The van der Waals surface area contributed by atoms with Crippen LogP contribution in [0.3, 0.4) is 0 Å². The molecular weight excluding hydrogens is 366 g/mol. The number of rotatable bonds is 3. The Hall–Kier alpha value is -3.02. The number of carbonyl (C=O) groups is 2. The Morgan fingerprint density at radius 2 is 1.83 bits per heavy atom. The van der Waals surface area contributed by atoms with Crippen LogP contribution < -0.4 is 9.80 Å². The molecule has 2 aromatic carbocycles.